The summed E-state index contributed by atoms with van der Waals surface area (Å²) in [6, 6.07) is 4.80. The lowest BCUT2D eigenvalue weighted by atomic mass is 10.2. The molecule has 2 saturated heterocycles. The monoisotopic (exact) mass is 309 g/mol. The molecule has 0 aromatic heterocycles. The van der Waals surface area contributed by atoms with Gasteiger partial charge < -0.3 is 10.6 Å². The minimum absolute atomic E-state index is 0.0240. The number of piperazine rings is 1. The number of nitrogens with zero attached hydrogens (tertiary/aromatic N) is 2. The number of sulfonamides is 1. The van der Waals surface area contributed by atoms with Gasteiger partial charge in [-0.05, 0) is 37.1 Å². The molecule has 2 fully saturated rings. The maximum absolute atomic E-state index is 12.7. The number of aryl methyl sites for hydroxylation is 1. The Morgan fingerprint density at radius 1 is 1.29 bits per heavy atom. The number of hydrogen-bond donors (Lipinski definition) is 1. The van der Waals surface area contributed by atoms with Crippen molar-refractivity contribution in [2.45, 2.75) is 30.7 Å². The molecule has 2 heterocycles. The lowest BCUT2D eigenvalue weighted by Crippen LogP contribution is -2.53. The van der Waals surface area contributed by atoms with Gasteiger partial charge in [-0.2, -0.15) is 4.31 Å². The fourth-order valence-corrected chi connectivity index (χ4v) is 4.57. The maximum atomic E-state index is 12.7. The first-order valence-electron chi connectivity index (χ1n) is 7.05. The van der Waals surface area contributed by atoms with E-state index in [0.717, 1.165) is 12.0 Å². The normalized spacial score (nSPS) is 23.4. The molecule has 1 aromatic carbocycles. The Balaban J connectivity index is 1.85. The molecule has 3 rings (SSSR count). The van der Waals surface area contributed by atoms with Gasteiger partial charge >= 0.3 is 0 Å². The Bertz CT molecular complexity index is 687. The van der Waals surface area contributed by atoms with Crippen molar-refractivity contribution in [1.82, 2.24) is 9.21 Å². The lowest BCUT2D eigenvalue weighted by molar-refractivity contribution is -0.130. The third kappa shape index (κ3) is 2.40. The lowest BCUT2D eigenvalue weighted by Gasteiger charge is -2.36. The van der Waals surface area contributed by atoms with Crippen molar-refractivity contribution in [3.63, 3.8) is 0 Å². The third-order valence-electron chi connectivity index (χ3n) is 4.34. The molecular formula is C14H19N3O3S. The van der Waals surface area contributed by atoms with Gasteiger partial charge in [0.25, 0.3) is 0 Å². The minimum atomic E-state index is -3.52. The van der Waals surface area contributed by atoms with Gasteiger partial charge in [-0.3, -0.25) is 4.79 Å². The molecule has 0 spiro atoms. The number of amides is 1. The highest BCUT2D eigenvalue weighted by atomic mass is 32.2. The quantitative estimate of drug-likeness (QED) is 0.810. The largest absolute Gasteiger partial charge is 0.399 e. The van der Waals surface area contributed by atoms with E-state index in [2.05, 4.69) is 0 Å². The van der Waals surface area contributed by atoms with E-state index in [1.807, 2.05) is 0 Å². The summed E-state index contributed by atoms with van der Waals surface area (Å²) in [5.41, 5.74) is 7.08. The average Bonchev–Trinajstić information content (AvgIpc) is 2.83. The van der Waals surface area contributed by atoms with E-state index in [1.165, 1.54) is 4.31 Å². The Hall–Kier alpha value is -1.60. The molecule has 1 unspecified atom stereocenters. The van der Waals surface area contributed by atoms with Crippen LogP contribution in [0.1, 0.15) is 18.4 Å². The number of carbonyl (C=O) groups is 1. The van der Waals surface area contributed by atoms with Crippen LogP contribution in [0.25, 0.3) is 0 Å². The Morgan fingerprint density at radius 2 is 2.05 bits per heavy atom. The van der Waals surface area contributed by atoms with Crippen molar-refractivity contribution < 1.29 is 13.2 Å². The predicted octanol–water partition coefficient (Wildman–Crippen LogP) is 0.573. The van der Waals surface area contributed by atoms with E-state index in [1.54, 1.807) is 30.0 Å². The third-order valence-corrected chi connectivity index (χ3v) is 6.20. The van der Waals surface area contributed by atoms with Gasteiger partial charge in [-0.15, -0.1) is 0 Å². The van der Waals surface area contributed by atoms with E-state index in [4.69, 9.17) is 5.73 Å². The summed E-state index contributed by atoms with van der Waals surface area (Å²) in [5.74, 6) is 0.139. The summed E-state index contributed by atoms with van der Waals surface area (Å²) < 4.78 is 26.9. The van der Waals surface area contributed by atoms with E-state index in [-0.39, 0.29) is 16.8 Å². The zero-order valence-corrected chi connectivity index (χ0v) is 12.8. The summed E-state index contributed by atoms with van der Waals surface area (Å²) in [5, 5.41) is 0. The Kier molecular flexibility index (Phi) is 3.41. The number of anilines is 1. The zero-order valence-electron chi connectivity index (χ0n) is 11.9. The fraction of sp³-hybridized carbons (Fsp3) is 0.500. The molecule has 2 aliphatic rings. The van der Waals surface area contributed by atoms with Crippen LogP contribution in [-0.2, 0) is 14.8 Å². The van der Waals surface area contributed by atoms with Crippen LogP contribution in [0.3, 0.4) is 0 Å². The van der Waals surface area contributed by atoms with Gasteiger partial charge in [0.05, 0.1) is 4.90 Å². The molecular weight excluding hydrogens is 290 g/mol. The number of benzene rings is 1. The smallest absolute Gasteiger partial charge is 0.243 e. The van der Waals surface area contributed by atoms with Crippen molar-refractivity contribution in [1.29, 1.82) is 0 Å². The SMILES string of the molecule is Cc1cc(S(=O)(=O)N2CCN3C(=O)CCC3C2)ccc1N. The Labute approximate surface area is 124 Å². The predicted molar refractivity (Wildman–Crippen MR) is 79.1 cm³/mol. The molecule has 2 N–H and O–H groups in total. The van der Waals surface area contributed by atoms with Crippen molar-refractivity contribution in [2.24, 2.45) is 0 Å². The number of rotatable bonds is 2. The number of fused-ring (bicyclic) bond motifs is 1. The summed E-state index contributed by atoms with van der Waals surface area (Å²) in [6.45, 7) is 3.02. The first kappa shape index (κ1) is 14.3. The molecule has 1 amide bonds. The van der Waals surface area contributed by atoms with Crippen molar-refractivity contribution in [2.75, 3.05) is 25.4 Å². The molecule has 21 heavy (non-hydrogen) atoms. The number of carbonyl (C=O) groups excluding carboxylic acids is 1. The van der Waals surface area contributed by atoms with Gasteiger partial charge in [0.2, 0.25) is 15.9 Å². The average molecular weight is 309 g/mol. The van der Waals surface area contributed by atoms with Crippen LogP contribution >= 0.6 is 0 Å². The van der Waals surface area contributed by atoms with Gasteiger partial charge in [0.1, 0.15) is 0 Å². The van der Waals surface area contributed by atoms with Crippen LogP contribution in [0.4, 0.5) is 5.69 Å². The standard InChI is InChI=1S/C14H19N3O3S/c1-10-8-12(3-4-13(10)15)21(19,20)16-6-7-17-11(9-16)2-5-14(17)18/h3-4,8,11H,2,5-7,9,15H2,1H3. The van der Waals surface area contributed by atoms with Crippen LogP contribution < -0.4 is 5.73 Å². The first-order valence-corrected chi connectivity index (χ1v) is 8.49. The zero-order chi connectivity index (χ0) is 15.2. The van der Waals surface area contributed by atoms with Crippen molar-refractivity contribution in [3.8, 4) is 0 Å². The van der Waals surface area contributed by atoms with Crippen molar-refractivity contribution >= 4 is 21.6 Å². The molecule has 0 radical (unpaired) electrons. The van der Waals surface area contributed by atoms with E-state index < -0.39 is 10.0 Å². The summed E-state index contributed by atoms with van der Waals surface area (Å²) >= 11 is 0. The van der Waals surface area contributed by atoms with Crippen LogP contribution in [0, 0.1) is 6.92 Å². The maximum Gasteiger partial charge on any atom is 0.243 e. The van der Waals surface area contributed by atoms with Gasteiger partial charge in [0.15, 0.2) is 0 Å². The van der Waals surface area contributed by atoms with Crippen molar-refractivity contribution in [3.05, 3.63) is 23.8 Å². The molecule has 1 aromatic rings. The minimum Gasteiger partial charge on any atom is -0.399 e. The van der Waals surface area contributed by atoms with Crippen LogP contribution in [0.5, 0.6) is 0 Å². The van der Waals surface area contributed by atoms with Crippen LogP contribution in [0.15, 0.2) is 23.1 Å². The molecule has 0 saturated carbocycles. The molecule has 114 valence electrons. The highest BCUT2D eigenvalue weighted by molar-refractivity contribution is 7.89. The Morgan fingerprint density at radius 3 is 2.76 bits per heavy atom. The summed E-state index contributed by atoms with van der Waals surface area (Å²) in [4.78, 5) is 13.7. The van der Waals surface area contributed by atoms with Gasteiger partial charge in [-0.1, -0.05) is 0 Å². The van der Waals surface area contributed by atoms with Gasteiger partial charge in [0, 0.05) is 37.8 Å². The first-order chi connectivity index (χ1) is 9.89. The highest BCUT2D eigenvalue weighted by Gasteiger charge is 2.39. The molecule has 0 bridgehead atoms. The second-order valence-electron chi connectivity index (χ2n) is 5.66. The molecule has 1 atom stereocenters. The highest BCUT2D eigenvalue weighted by Crippen LogP contribution is 2.27. The van der Waals surface area contributed by atoms with Crippen LogP contribution in [0.2, 0.25) is 0 Å². The second kappa shape index (κ2) is 4.99. The van der Waals surface area contributed by atoms with E-state index in [0.29, 0.717) is 31.7 Å². The molecule has 2 aliphatic heterocycles. The van der Waals surface area contributed by atoms with E-state index >= 15 is 0 Å². The second-order valence-corrected chi connectivity index (χ2v) is 7.60. The fourth-order valence-electron chi connectivity index (χ4n) is 3.01. The van der Waals surface area contributed by atoms with Crippen LogP contribution in [-0.4, -0.2) is 49.2 Å². The summed E-state index contributed by atoms with van der Waals surface area (Å²) in [7, 11) is -3.52. The van der Waals surface area contributed by atoms with E-state index in [9.17, 15) is 13.2 Å². The van der Waals surface area contributed by atoms with Gasteiger partial charge in [-0.25, -0.2) is 8.42 Å². The number of hydrogen-bond acceptors (Lipinski definition) is 4. The topological polar surface area (TPSA) is 83.7 Å². The number of nitrogens with two attached hydrogens (primary N) is 1. The molecule has 6 nitrogen and oxygen atoms in total. The summed E-state index contributed by atoms with van der Waals surface area (Å²) in [6.07, 6.45) is 1.27. The molecule has 0 aliphatic carbocycles. The molecule has 7 heteroatoms. The number of nitrogen functional groups attached to an aromatic ring is 1.